The minimum absolute atomic E-state index is 0.581. The fourth-order valence-corrected chi connectivity index (χ4v) is 2.00. The summed E-state index contributed by atoms with van der Waals surface area (Å²) in [6.45, 7) is 10.6. The van der Waals surface area contributed by atoms with Gasteiger partial charge in [-0.25, -0.2) is 9.97 Å². The van der Waals surface area contributed by atoms with E-state index < -0.39 is 0 Å². The zero-order valence-corrected chi connectivity index (χ0v) is 11.4. The molecule has 1 rings (SSSR count). The molecular weight excluding hydrogens is 212 g/mol. The summed E-state index contributed by atoms with van der Waals surface area (Å²) >= 11 is 0. The van der Waals surface area contributed by atoms with Crippen molar-refractivity contribution in [3.05, 3.63) is 11.9 Å². The molecule has 0 radical (unpaired) electrons. The SMILES string of the molecule is CCC(CC)CN(CC)c1ncnc(N)c1C. The number of anilines is 2. The van der Waals surface area contributed by atoms with Crippen molar-refractivity contribution in [1.82, 2.24) is 9.97 Å². The first kappa shape index (κ1) is 13.7. The Labute approximate surface area is 104 Å². The van der Waals surface area contributed by atoms with Crippen molar-refractivity contribution in [2.24, 2.45) is 5.92 Å². The van der Waals surface area contributed by atoms with Gasteiger partial charge in [-0.1, -0.05) is 26.7 Å². The van der Waals surface area contributed by atoms with Gasteiger partial charge >= 0.3 is 0 Å². The van der Waals surface area contributed by atoms with Gasteiger partial charge in [0.15, 0.2) is 0 Å². The predicted octanol–water partition coefficient (Wildman–Crippen LogP) is 2.63. The van der Waals surface area contributed by atoms with E-state index in [4.69, 9.17) is 5.73 Å². The van der Waals surface area contributed by atoms with Crippen molar-refractivity contribution in [3.8, 4) is 0 Å². The highest BCUT2D eigenvalue weighted by Gasteiger charge is 2.15. The lowest BCUT2D eigenvalue weighted by Crippen LogP contribution is -2.30. The summed E-state index contributed by atoms with van der Waals surface area (Å²) in [5.74, 6) is 2.27. The minimum Gasteiger partial charge on any atom is -0.383 e. The van der Waals surface area contributed by atoms with Crippen LogP contribution in [0.25, 0.3) is 0 Å². The summed E-state index contributed by atoms with van der Waals surface area (Å²) in [6, 6.07) is 0. The molecule has 4 heteroatoms. The summed E-state index contributed by atoms with van der Waals surface area (Å²) in [5, 5.41) is 0. The number of hydrogen-bond acceptors (Lipinski definition) is 4. The van der Waals surface area contributed by atoms with E-state index in [2.05, 4.69) is 35.6 Å². The first-order valence-electron chi connectivity index (χ1n) is 6.45. The molecular formula is C13H24N4. The van der Waals surface area contributed by atoms with Crippen LogP contribution in [-0.2, 0) is 0 Å². The highest BCUT2D eigenvalue weighted by Crippen LogP contribution is 2.22. The van der Waals surface area contributed by atoms with Crippen molar-refractivity contribution < 1.29 is 0 Å². The molecule has 0 aliphatic heterocycles. The minimum atomic E-state index is 0.581. The topological polar surface area (TPSA) is 55.0 Å². The van der Waals surface area contributed by atoms with Gasteiger partial charge in [0.25, 0.3) is 0 Å². The van der Waals surface area contributed by atoms with Gasteiger partial charge in [-0.3, -0.25) is 0 Å². The lowest BCUT2D eigenvalue weighted by atomic mass is 10.0. The van der Waals surface area contributed by atoms with E-state index in [0.29, 0.717) is 11.7 Å². The number of nitrogens with two attached hydrogens (primary N) is 1. The van der Waals surface area contributed by atoms with Crippen LogP contribution in [0, 0.1) is 12.8 Å². The molecule has 0 aliphatic rings. The number of rotatable bonds is 6. The van der Waals surface area contributed by atoms with Gasteiger partial charge < -0.3 is 10.6 Å². The third kappa shape index (κ3) is 3.32. The molecule has 0 aromatic carbocycles. The van der Waals surface area contributed by atoms with Gasteiger partial charge in [0.2, 0.25) is 0 Å². The molecule has 1 aromatic rings. The lowest BCUT2D eigenvalue weighted by molar-refractivity contribution is 0.484. The molecule has 2 N–H and O–H groups in total. The maximum absolute atomic E-state index is 5.83. The maximum atomic E-state index is 5.83. The molecule has 0 aliphatic carbocycles. The Bertz CT molecular complexity index is 347. The molecule has 0 bridgehead atoms. The first-order chi connectivity index (χ1) is 8.13. The van der Waals surface area contributed by atoms with Crippen molar-refractivity contribution in [2.75, 3.05) is 23.7 Å². The summed E-state index contributed by atoms with van der Waals surface area (Å²) in [5.41, 5.74) is 6.82. The van der Waals surface area contributed by atoms with Crippen LogP contribution in [0.3, 0.4) is 0 Å². The monoisotopic (exact) mass is 236 g/mol. The smallest absolute Gasteiger partial charge is 0.137 e. The zero-order valence-electron chi connectivity index (χ0n) is 11.4. The molecule has 96 valence electrons. The summed E-state index contributed by atoms with van der Waals surface area (Å²) in [7, 11) is 0. The van der Waals surface area contributed by atoms with E-state index >= 15 is 0 Å². The molecule has 17 heavy (non-hydrogen) atoms. The van der Waals surface area contributed by atoms with Crippen molar-refractivity contribution in [2.45, 2.75) is 40.5 Å². The zero-order chi connectivity index (χ0) is 12.8. The van der Waals surface area contributed by atoms with Crippen molar-refractivity contribution in [3.63, 3.8) is 0 Å². The van der Waals surface area contributed by atoms with E-state index in [1.54, 1.807) is 6.33 Å². The molecule has 1 aromatic heterocycles. The largest absolute Gasteiger partial charge is 0.383 e. The number of aromatic nitrogens is 2. The van der Waals surface area contributed by atoms with E-state index in [0.717, 1.165) is 24.5 Å². The Balaban J connectivity index is 2.89. The highest BCUT2D eigenvalue weighted by atomic mass is 15.2. The second kappa shape index (κ2) is 6.42. The van der Waals surface area contributed by atoms with Crippen LogP contribution in [0.5, 0.6) is 0 Å². The number of nitrogens with zero attached hydrogens (tertiary/aromatic N) is 3. The van der Waals surface area contributed by atoms with Crippen LogP contribution in [0.4, 0.5) is 11.6 Å². The van der Waals surface area contributed by atoms with Crippen LogP contribution in [-0.4, -0.2) is 23.1 Å². The summed E-state index contributed by atoms with van der Waals surface area (Å²) in [4.78, 5) is 10.7. The molecule has 0 spiro atoms. The fraction of sp³-hybridized carbons (Fsp3) is 0.692. The molecule has 0 saturated carbocycles. The molecule has 1 heterocycles. The van der Waals surface area contributed by atoms with Gasteiger partial charge in [0.1, 0.15) is 18.0 Å². The molecule has 0 unspecified atom stereocenters. The van der Waals surface area contributed by atoms with Gasteiger partial charge in [0, 0.05) is 18.7 Å². The third-order valence-electron chi connectivity index (χ3n) is 3.41. The van der Waals surface area contributed by atoms with Gasteiger partial charge in [0.05, 0.1) is 0 Å². The van der Waals surface area contributed by atoms with Crippen LogP contribution in [0.15, 0.2) is 6.33 Å². The quantitative estimate of drug-likeness (QED) is 0.825. The van der Waals surface area contributed by atoms with E-state index in [1.807, 2.05) is 6.92 Å². The lowest BCUT2D eigenvalue weighted by Gasteiger charge is -2.27. The molecule has 0 atom stereocenters. The normalized spacial score (nSPS) is 10.9. The summed E-state index contributed by atoms with van der Waals surface area (Å²) in [6.07, 6.45) is 3.95. The van der Waals surface area contributed by atoms with E-state index in [1.165, 1.54) is 12.8 Å². The van der Waals surface area contributed by atoms with E-state index in [-0.39, 0.29) is 0 Å². The van der Waals surface area contributed by atoms with Crippen LogP contribution < -0.4 is 10.6 Å². The van der Waals surface area contributed by atoms with Crippen LogP contribution in [0.1, 0.15) is 39.2 Å². The van der Waals surface area contributed by atoms with Gasteiger partial charge in [-0.2, -0.15) is 0 Å². The maximum Gasteiger partial charge on any atom is 0.137 e. The fourth-order valence-electron chi connectivity index (χ4n) is 2.00. The predicted molar refractivity (Wildman–Crippen MR) is 73.1 cm³/mol. The average molecular weight is 236 g/mol. The van der Waals surface area contributed by atoms with Crippen molar-refractivity contribution >= 4 is 11.6 Å². The Morgan fingerprint density at radius 1 is 1.24 bits per heavy atom. The Hall–Kier alpha value is -1.32. The molecule has 4 nitrogen and oxygen atoms in total. The molecule has 0 fully saturated rings. The van der Waals surface area contributed by atoms with Crippen molar-refractivity contribution in [1.29, 1.82) is 0 Å². The number of nitrogen functional groups attached to an aromatic ring is 1. The second-order valence-electron chi connectivity index (χ2n) is 4.43. The number of hydrogen-bond donors (Lipinski definition) is 1. The third-order valence-corrected chi connectivity index (χ3v) is 3.41. The Morgan fingerprint density at radius 2 is 1.88 bits per heavy atom. The van der Waals surface area contributed by atoms with Crippen LogP contribution >= 0.6 is 0 Å². The highest BCUT2D eigenvalue weighted by molar-refractivity contribution is 5.55. The van der Waals surface area contributed by atoms with E-state index in [9.17, 15) is 0 Å². The van der Waals surface area contributed by atoms with Gasteiger partial charge in [-0.05, 0) is 19.8 Å². The van der Waals surface area contributed by atoms with Gasteiger partial charge in [-0.15, -0.1) is 0 Å². The van der Waals surface area contributed by atoms with Crippen LogP contribution in [0.2, 0.25) is 0 Å². The Kier molecular flexibility index (Phi) is 5.19. The summed E-state index contributed by atoms with van der Waals surface area (Å²) < 4.78 is 0. The standard InChI is InChI=1S/C13H24N4/c1-5-11(6-2)8-17(7-3)13-10(4)12(14)15-9-16-13/h9,11H,5-8H2,1-4H3,(H2,14,15,16). The average Bonchev–Trinajstić information content (AvgIpc) is 2.35. The molecule has 0 amide bonds. The Morgan fingerprint density at radius 3 is 2.41 bits per heavy atom. The second-order valence-corrected chi connectivity index (χ2v) is 4.43. The first-order valence-corrected chi connectivity index (χ1v) is 6.45. The molecule has 0 saturated heterocycles.